The number of halogens is 2. The van der Waals surface area contributed by atoms with Crippen LogP contribution >= 0.6 is 0 Å². The predicted octanol–water partition coefficient (Wildman–Crippen LogP) is 0.726. The fourth-order valence-corrected chi connectivity index (χ4v) is 0.482. The summed E-state index contributed by atoms with van der Waals surface area (Å²) in [5.41, 5.74) is 0. The third kappa shape index (κ3) is 2.61. The van der Waals surface area contributed by atoms with E-state index in [1.165, 1.54) is 6.92 Å². The third-order valence-electron chi connectivity index (χ3n) is 1.13. The van der Waals surface area contributed by atoms with E-state index < -0.39 is 24.1 Å². The Hall–Kier alpha value is -1.00. The molecule has 0 aliphatic heterocycles. The van der Waals surface area contributed by atoms with Crippen molar-refractivity contribution in [3.8, 4) is 0 Å². The molecular formula is C6H8F2O3. The Morgan fingerprint density at radius 3 is 2.18 bits per heavy atom. The summed E-state index contributed by atoms with van der Waals surface area (Å²) in [5.74, 6) is -3.45. The number of carboxylic acid groups (broad SMARTS) is 1. The van der Waals surface area contributed by atoms with Gasteiger partial charge in [0.1, 0.15) is 0 Å². The summed E-state index contributed by atoms with van der Waals surface area (Å²) in [6, 6.07) is 0. The Kier molecular flexibility index (Phi) is 3.64. The van der Waals surface area contributed by atoms with Crippen molar-refractivity contribution in [2.75, 3.05) is 0 Å². The molecule has 1 N–H and O–H groups in total. The summed E-state index contributed by atoms with van der Waals surface area (Å²) in [7, 11) is 0. The molecule has 0 heterocycles. The Labute approximate surface area is 62.0 Å². The average Bonchev–Trinajstić information content (AvgIpc) is 2.00. The molecule has 0 spiro atoms. The maximum absolute atomic E-state index is 12.3. The first-order valence-corrected chi connectivity index (χ1v) is 3.05. The molecular weight excluding hydrogens is 158 g/mol. The minimum absolute atomic E-state index is 0.202. The molecule has 0 amide bonds. The quantitative estimate of drug-likeness (QED) is 0.626. The van der Waals surface area contributed by atoms with E-state index in [0.29, 0.717) is 0 Å². The van der Waals surface area contributed by atoms with Crippen LogP contribution < -0.4 is 0 Å². The summed E-state index contributed by atoms with van der Waals surface area (Å²) in [6.45, 7) is 1.33. The van der Waals surface area contributed by atoms with Gasteiger partial charge in [0.25, 0.3) is 6.17 Å². The SMILES string of the molecule is CCC(F)C(=O)C(F)C(=O)O. The number of alkyl halides is 2. The van der Waals surface area contributed by atoms with Crippen LogP contribution in [0, 0.1) is 0 Å². The van der Waals surface area contributed by atoms with Crippen LogP contribution in [0.4, 0.5) is 8.78 Å². The van der Waals surface area contributed by atoms with Crippen molar-refractivity contribution in [2.24, 2.45) is 0 Å². The molecule has 0 aliphatic carbocycles. The van der Waals surface area contributed by atoms with Gasteiger partial charge in [0.15, 0.2) is 6.17 Å². The zero-order valence-corrected chi connectivity index (χ0v) is 5.88. The van der Waals surface area contributed by atoms with E-state index in [9.17, 15) is 18.4 Å². The van der Waals surface area contributed by atoms with Gasteiger partial charge in [-0.2, -0.15) is 0 Å². The molecule has 2 unspecified atom stereocenters. The Bertz CT molecular complexity index is 169. The average molecular weight is 166 g/mol. The highest BCUT2D eigenvalue weighted by atomic mass is 19.1. The first-order valence-electron chi connectivity index (χ1n) is 3.05. The van der Waals surface area contributed by atoms with Crippen LogP contribution in [0.2, 0.25) is 0 Å². The topological polar surface area (TPSA) is 54.4 Å². The zero-order chi connectivity index (χ0) is 9.02. The van der Waals surface area contributed by atoms with Crippen molar-refractivity contribution < 1.29 is 23.5 Å². The Morgan fingerprint density at radius 1 is 1.45 bits per heavy atom. The number of carboxylic acids is 1. The number of aliphatic carboxylic acids is 1. The minimum Gasteiger partial charge on any atom is -0.479 e. The predicted molar refractivity (Wildman–Crippen MR) is 32.7 cm³/mol. The van der Waals surface area contributed by atoms with E-state index >= 15 is 0 Å². The lowest BCUT2D eigenvalue weighted by atomic mass is 10.1. The van der Waals surface area contributed by atoms with Crippen molar-refractivity contribution in [3.05, 3.63) is 0 Å². The van der Waals surface area contributed by atoms with Gasteiger partial charge in [-0.25, -0.2) is 13.6 Å². The lowest BCUT2D eigenvalue weighted by Crippen LogP contribution is -2.32. The highest BCUT2D eigenvalue weighted by Gasteiger charge is 2.30. The van der Waals surface area contributed by atoms with Gasteiger partial charge < -0.3 is 5.11 Å². The molecule has 5 heteroatoms. The number of hydrogen-bond donors (Lipinski definition) is 1. The van der Waals surface area contributed by atoms with Crippen molar-refractivity contribution in [1.29, 1.82) is 0 Å². The van der Waals surface area contributed by atoms with E-state index in [0.717, 1.165) is 0 Å². The van der Waals surface area contributed by atoms with E-state index in [1.807, 2.05) is 0 Å². The highest BCUT2D eigenvalue weighted by molar-refractivity contribution is 6.03. The lowest BCUT2D eigenvalue weighted by molar-refractivity contribution is -0.149. The van der Waals surface area contributed by atoms with E-state index in [2.05, 4.69) is 0 Å². The van der Waals surface area contributed by atoms with Gasteiger partial charge in [-0.3, -0.25) is 4.79 Å². The first-order chi connectivity index (χ1) is 5.00. The number of ketones is 1. The van der Waals surface area contributed by atoms with Crippen LogP contribution in [0.5, 0.6) is 0 Å². The van der Waals surface area contributed by atoms with Gasteiger partial charge in [-0.1, -0.05) is 6.92 Å². The summed E-state index contributed by atoms with van der Waals surface area (Å²) >= 11 is 0. The second-order valence-electron chi connectivity index (χ2n) is 1.98. The number of carbonyl (C=O) groups excluding carboxylic acids is 1. The molecule has 64 valence electrons. The molecule has 3 nitrogen and oxygen atoms in total. The Morgan fingerprint density at radius 2 is 1.91 bits per heavy atom. The second kappa shape index (κ2) is 4.00. The first kappa shape index (κ1) is 10.0. The molecule has 0 saturated carbocycles. The second-order valence-corrected chi connectivity index (χ2v) is 1.98. The molecule has 0 saturated heterocycles. The monoisotopic (exact) mass is 166 g/mol. The standard InChI is InChI=1S/C6H8F2O3/c1-2-3(7)5(9)4(8)6(10)11/h3-4H,2H2,1H3,(H,10,11). The van der Waals surface area contributed by atoms with Crippen LogP contribution in [0.3, 0.4) is 0 Å². The molecule has 0 bridgehead atoms. The van der Waals surface area contributed by atoms with Gasteiger partial charge in [0, 0.05) is 0 Å². The fraction of sp³-hybridized carbons (Fsp3) is 0.667. The van der Waals surface area contributed by atoms with Crippen molar-refractivity contribution in [3.63, 3.8) is 0 Å². The van der Waals surface area contributed by atoms with Crippen LogP contribution in [0.25, 0.3) is 0 Å². The zero-order valence-electron chi connectivity index (χ0n) is 5.88. The van der Waals surface area contributed by atoms with E-state index in [1.54, 1.807) is 0 Å². The minimum atomic E-state index is -2.73. The molecule has 11 heavy (non-hydrogen) atoms. The maximum atomic E-state index is 12.3. The van der Waals surface area contributed by atoms with Gasteiger partial charge in [-0.15, -0.1) is 0 Å². The van der Waals surface area contributed by atoms with Gasteiger partial charge in [0.05, 0.1) is 0 Å². The largest absolute Gasteiger partial charge is 0.479 e. The number of Topliss-reactive ketones (excluding diaryl/α,β-unsaturated/α-hetero) is 1. The summed E-state index contributed by atoms with van der Waals surface area (Å²) in [4.78, 5) is 20.2. The molecule has 0 aromatic heterocycles. The Balaban J connectivity index is 4.13. The lowest BCUT2D eigenvalue weighted by Gasteiger charge is -2.04. The number of carbonyl (C=O) groups is 2. The number of rotatable bonds is 4. The summed E-state index contributed by atoms with van der Waals surface area (Å²) < 4.78 is 24.5. The van der Waals surface area contributed by atoms with Crippen LogP contribution in [-0.2, 0) is 9.59 Å². The molecule has 2 atom stereocenters. The molecule has 0 rings (SSSR count). The van der Waals surface area contributed by atoms with E-state index in [-0.39, 0.29) is 6.42 Å². The third-order valence-corrected chi connectivity index (χ3v) is 1.13. The normalized spacial score (nSPS) is 15.5. The molecule has 0 aromatic rings. The van der Waals surface area contributed by atoms with Crippen LogP contribution in [-0.4, -0.2) is 29.2 Å². The van der Waals surface area contributed by atoms with Gasteiger partial charge >= 0.3 is 5.97 Å². The van der Waals surface area contributed by atoms with Gasteiger partial charge in [0.2, 0.25) is 5.78 Å². The smallest absolute Gasteiger partial charge is 0.346 e. The van der Waals surface area contributed by atoms with Crippen molar-refractivity contribution in [2.45, 2.75) is 25.7 Å². The molecule has 0 aromatic carbocycles. The van der Waals surface area contributed by atoms with Gasteiger partial charge in [-0.05, 0) is 6.42 Å². The summed E-state index contributed by atoms with van der Waals surface area (Å²) in [6.07, 6.45) is -4.95. The summed E-state index contributed by atoms with van der Waals surface area (Å²) in [5, 5.41) is 7.93. The molecule has 0 radical (unpaired) electrons. The molecule has 0 fully saturated rings. The van der Waals surface area contributed by atoms with Crippen molar-refractivity contribution >= 4 is 11.8 Å². The fourth-order valence-electron chi connectivity index (χ4n) is 0.482. The van der Waals surface area contributed by atoms with Crippen LogP contribution in [0.15, 0.2) is 0 Å². The maximum Gasteiger partial charge on any atom is 0.346 e. The number of hydrogen-bond acceptors (Lipinski definition) is 2. The van der Waals surface area contributed by atoms with E-state index in [4.69, 9.17) is 5.11 Å². The van der Waals surface area contributed by atoms with Crippen molar-refractivity contribution in [1.82, 2.24) is 0 Å². The highest BCUT2D eigenvalue weighted by Crippen LogP contribution is 2.05. The molecule has 0 aliphatic rings. The van der Waals surface area contributed by atoms with Crippen LogP contribution in [0.1, 0.15) is 13.3 Å².